The summed E-state index contributed by atoms with van der Waals surface area (Å²) in [6, 6.07) is 1.55. The van der Waals surface area contributed by atoms with Crippen LogP contribution in [0.3, 0.4) is 0 Å². The molecule has 1 aromatic rings. The number of rotatable bonds is 5. The second-order valence-corrected chi connectivity index (χ2v) is 6.89. The van der Waals surface area contributed by atoms with E-state index in [4.69, 9.17) is 5.11 Å². The van der Waals surface area contributed by atoms with Gasteiger partial charge < -0.3 is 10.4 Å². The molecule has 2 rings (SSSR count). The average molecular weight is 313 g/mol. The minimum absolute atomic E-state index is 0.134. The van der Waals surface area contributed by atoms with E-state index in [9.17, 15) is 13.2 Å². The standard InChI is InChI=1S/C13H19N3O4S/c1-2-15-11-7-12(9-14-8-11)21(19,20)16-5-3-10(4-6-16)13(17)18/h7-10,15H,2-6H2,1H3,(H,17,18). The van der Waals surface area contributed by atoms with Gasteiger partial charge >= 0.3 is 5.97 Å². The minimum atomic E-state index is -3.61. The third kappa shape index (κ3) is 3.51. The van der Waals surface area contributed by atoms with Crippen LogP contribution in [0.25, 0.3) is 0 Å². The molecular formula is C13H19N3O4S. The van der Waals surface area contributed by atoms with Gasteiger partial charge in [0.25, 0.3) is 0 Å². The van der Waals surface area contributed by atoms with E-state index >= 15 is 0 Å². The highest BCUT2D eigenvalue weighted by atomic mass is 32.2. The van der Waals surface area contributed by atoms with Crippen LogP contribution in [-0.2, 0) is 14.8 Å². The number of aromatic nitrogens is 1. The minimum Gasteiger partial charge on any atom is -0.481 e. The fraction of sp³-hybridized carbons (Fsp3) is 0.538. The lowest BCUT2D eigenvalue weighted by atomic mass is 9.99. The summed E-state index contributed by atoms with van der Waals surface area (Å²) in [6.07, 6.45) is 3.57. The van der Waals surface area contributed by atoms with Crippen molar-refractivity contribution in [2.24, 2.45) is 5.92 Å². The molecule has 0 amide bonds. The summed E-state index contributed by atoms with van der Waals surface area (Å²) >= 11 is 0. The van der Waals surface area contributed by atoms with Crippen molar-refractivity contribution in [2.75, 3.05) is 25.0 Å². The number of aliphatic carboxylic acids is 1. The first kappa shape index (κ1) is 15.7. The first-order chi connectivity index (χ1) is 9.95. The van der Waals surface area contributed by atoms with Crippen LogP contribution in [0.2, 0.25) is 0 Å². The van der Waals surface area contributed by atoms with E-state index in [0.717, 1.165) is 0 Å². The van der Waals surface area contributed by atoms with Gasteiger partial charge in [-0.1, -0.05) is 0 Å². The average Bonchev–Trinajstić information content (AvgIpc) is 2.48. The highest BCUT2D eigenvalue weighted by molar-refractivity contribution is 7.89. The summed E-state index contributed by atoms with van der Waals surface area (Å²) in [4.78, 5) is 15.0. The lowest BCUT2D eigenvalue weighted by molar-refractivity contribution is -0.142. The molecule has 0 spiro atoms. The fourth-order valence-corrected chi connectivity index (χ4v) is 3.81. The Labute approximate surface area is 124 Å². The Morgan fingerprint density at radius 3 is 2.67 bits per heavy atom. The maximum Gasteiger partial charge on any atom is 0.306 e. The number of anilines is 1. The van der Waals surface area contributed by atoms with Gasteiger partial charge in [0.15, 0.2) is 0 Å². The monoisotopic (exact) mass is 313 g/mol. The van der Waals surface area contributed by atoms with Gasteiger partial charge in [-0.3, -0.25) is 9.78 Å². The zero-order valence-electron chi connectivity index (χ0n) is 11.8. The van der Waals surface area contributed by atoms with Crippen LogP contribution < -0.4 is 5.32 Å². The maximum absolute atomic E-state index is 12.5. The first-order valence-electron chi connectivity index (χ1n) is 6.87. The van der Waals surface area contributed by atoms with Crippen LogP contribution in [0.5, 0.6) is 0 Å². The molecule has 7 nitrogen and oxygen atoms in total. The molecule has 0 unspecified atom stereocenters. The molecule has 0 atom stereocenters. The van der Waals surface area contributed by atoms with Gasteiger partial charge in [0, 0.05) is 25.8 Å². The quantitative estimate of drug-likeness (QED) is 0.841. The topological polar surface area (TPSA) is 99.6 Å². The van der Waals surface area contributed by atoms with E-state index in [0.29, 0.717) is 25.1 Å². The van der Waals surface area contributed by atoms with E-state index < -0.39 is 21.9 Å². The van der Waals surface area contributed by atoms with Crippen LogP contribution in [0, 0.1) is 5.92 Å². The zero-order valence-corrected chi connectivity index (χ0v) is 12.6. The highest BCUT2D eigenvalue weighted by Gasteiger charge is 2.32. The number of carboxylic acids is 1. The number of hydrogen-bond acceptors (Lipinski definition) is 5. The maximum atomic E-state index is 12.5. The summed E-state index contributed by atoms with van der Waals surface area (Å²) in [7, 11) is -3.61. The lowest BCUT2D eigenvalue weighted by Crippen LogP contribution is -2.40. The molecule has 0 radical (unpaired) electrons. The van der Waals surface area contributed by atoms with E-state index in [1.807, 2.05) is 6.92 Å². The van der Waals surface area contributed by atoms with Gasteiger partial charge in [0.1, 0.15) is 4.90 Å². The molecule has 21 heavy (non-hydrogen) atoms. The van der Waals surface area contributed by atoms with Crippen LogP contribution in [0.15, 0.2) is 23.4 Å². The SMILES string of the molecule is CCNc1cncc(S(=O)(=O)N2CCC(C(=O)O)CC2)c1. The molecule has 116 valence electrons. The first-order valence-corrected chi connectivity index (χ1v) is 8.31. The van der Waals surface area contributed by atoms with Gasteiger partial charge in [-0.15, -0.1) is 0 Å². The van der Waals surface area contributed by atoms with Crippen molar-refractivity contribution in [3.8, 4) is 0 Å². The number of nitrogens with one attached hydrogen (secondary N) is 1. The largest absolute Gasteiger partial charge is 0.481 e. The lowest BCUT2D eigenvalue weighted by Gasteiger charge is -2.29. The smallest absolute Gasteiger partial charge is 0.306 e. The molecule has 1 aliphatic heterocycles. The van der Waals surface area contributed by atoms with E-state index in [1.54, 1.807) is 12.3 Å². The summed E-state index contributed by atoms with van der Waals surface area (Å²) in [5.41, 5.74) is 0.652. The predicted octanol–water partition coefficient (Wildman–Crippen LogP) is 0.999. The second-order valence-electron chi connectivity index (χ2n) is 4.96. The molecule has 2 heterocycles. The van der Waals surface area contributed by atoms with Crippen molar-refractivity contribution < 1.29 is 18.3 Å². The predicted molar refractivity (Wildman–Crippen MR) is 77.5 cm³/mol. The molecule has 1 fully saturated rings. The van der Waals surface area contributed by atoms with Crippen molar-refractivity contribution in [1.29, 1.82) is 0 Å². The van der Waals surface area contributed by atoms with E-state index in [2.05, 4.69) is 10.3 Å². The Hall–Kier alpha value is -1.67. The van der Waals surface area contributed by atoms with Crippen molar-refractivity contribution in [3.63, 3.8) is 0 Å². The molecule has 1 aliphatic rings. The highest BCUT2D eigenvalue weighted by Crippen LogP contribution is 2.24. The van der Waals surface area contributed by atoms with Crippen molar-refractivity contribution in [3.05, 3.63) is 18.5 Å². The Morgan fingerprint density at radius 2 is 2.10 bits per heavy atom. The van der Waals surface area contributed by atoms with Crippen LogP contribution in [-0.4, -0.2) is 48.4 Å². The molecule has 0 saturated carbocycles. The van der Waals surface area contributed by atoms with Gasteiger partial charge in [0.05, 0.1) is 17.8 Å². The molecule has 2 N–H and O–H groups in total. The van der Waals surface area contributed by atoms with Crippen LogP contribution >= 0.6 is 0 Å². The molecule has 0 aliphatic carbocycles. The molecule has 0 bridgehead atoms. The van der Waals surface area contributed by atoms with Gasteiger partial charge in [0.2, 0.25) is 10.0 Å². The molecule has 0 aromatic carbocycles. The summed E-state index contributed by atoms with van der Waals surface area (Å²) in [5.74, 6) is -1.31. The van der Waals surface area contributed by atoms with Crippen molar-refractivity contribution >= 4 is 21.7 Å². The number of piperidine rings is 1. The number of sulfonamides is 1. The molecule has 1 saturated heterocycles. The molecular weight excluding hydrogens is 294 g/mol. The van der Waals surface area contributed by atoms with E-state index in [1.165, 1.54) is 10.5 Å². The molecule has 1 aromatic heterocycles. The number of carbonyl (C=O) groups is 1. The number of pyridine rings is 1. The van der Waals surface area contributed by atoms with E-state index in [-0.39, 0.29) is 18.0 Å². The fourth-order valence-electron chi connectivity index (χ4n) is 2.35. The van der Waals surface area contributed by atoms with Gasteiger partial charge in [-0.2, -0.15) is 4.31 Å². The Balaban J connectivity index is 2.15. The third-order valence-corrected chi connectivity index (χ3v) is 5.40. The Morgan fingerprint density at radius 1 is 1.43 bits per heavy atom. The Bertz CT molecular complexity index is 610. The van der Waals surface area contributed by atoms with Crippen molar-refractivity contribution in [1.82, 2.24) is 9.29 Å². The third-order valence-electron chi connectivity index (χ3n) is 3.54. The van der Waals surface area contributed by atoms with Crippen LogP contribution in [0.1, 0.15) is 19.8 Å². The number of nitrogens with zero attached hydrogens (tertiary/aromatic N) is 2. The summed E-state index contributed by atoms with van der Waals surface area (Å²) in [5, 5.41) is 12.0. The second kappa shape index (κ2) is 6.40. The Kier molecular flexibility index (Phi) is 4.79. The van der Waals surface area contributed by atoms with Crippen molar-refractivity contribution in [2.45, 2.75) is 24.7 Å². The van der Waals surface area contributed by atoms with Crippen LogP contribution in [0.4, 0.5) is 5.69 Å². The zero-order chi connectivity index (χ0) is 15.5. The van der Waals surface area contributed by atoms with Gasteiger partial charge in [-0.05, 0) is 25.8 Å². The summed E-state index contributed by atoms with van der Waals surface area (Å²) < 4.78 is 26.4. The molecule has 8 heteroatoms. The summed E-state index contributed by atoms with van der Waals surface area (Å²) in [6.45, 7) is 3.04. The normalized spacial score (nSPS) is 17.6. The number of hydrogen-bond donors (Lipinski definition) is 2. The number of carboxylic acid groups (broad SMARTS) is 1. The van der Waals surface area contributed by atoms with Gasteiger partial charge in [-0.25, -0.2) is 8.42 Å².